The zero-order valence-corrected chi connectivity index (χ0v) is 11.1. The molecule has 1 aliphatic rings. The van der Waals surface area contributed by atoms with Crippen LogP contribution in [0.1, 0.15) is 24.3 Å². The van der Waals surface area contributed by atoms with E-state index in [1.165, 1.54) is 22.9 Å². The fraction of sp³-hybridized carbons (Fsp3) is 0.286. The number of hydrogen-bond donors (Lipinski definition) is 1. The molecule has 1 fully saturated rings. The second-order valence-electron chi connectivity index (χ2n) is 4.64. The van der Waals surface area contributed by atoms with Gasteiger partial charge in [-0.25, -0.2) is 0 Å². The van der Waals surface area contributed by atoms with Gasteiger partial charge in [-0.1, -0.05) is 28.1 Å². The Morgan fingerprint density at radius 3 is 2.59 bits per heavy atom. The predicted molar refractivity (Wildman–Crippen MR) is 73.7 cm³/mol. The summed E-state index contributed by atoms with van der Waals surface area (Å²) in [6.45, 7) is 0. The van der Waals surface area contributed by atoms with Crippen molar-refractivity contribution in [2.45, 2.75) is 24.8 Å². The molecule has 1 saturated carbocycles. The van der Waals surface area contributed by atoms with Crippen LogP contribution in [0.25, 0.3) is 0 Å². The van der Waals surface area contributed by atoms with Gasteiger partial charge in [0.25, 0.3) is 0 Å². The lowest BCUT2D eigenvalue weighted by molar-refractivity contribution is 0.352. The van der Waals surface area contributed by atoms with E-state index < -0.39 is 0 Å². The Morgan fingerprint density at radius 1 is 1.12 bits per heavy atom. The zero-order chi connectivity index (χ0) is 11.7. The number of benzene rings is 1. The molecule has 0 aliphatic heterocycles. The third kappa shape index (κ3) is 2.39. The van der Waals surface area contributed by atoms with Gasteiger partial charge < -0.3 is 5.43 Å². The predicted octanol–water partition coefficient (Wildman–Crippen LogP) is 3.74. The molecule has 3 heteroatoms. The van der Waals surface area contributed by atoms with Crippen LogP contribution in [0.5, 0.6) is 0 Å². The lowest BCUT2D eigenvalue weighted by Gasteiger charge is -2.37. The highest BCUT2D eigenvalue weighted by Crippen LogP contribution is 2.38. The topological polar surface area (TPSA) is 17.0 Å². The second-order valence-corrected chi connectivity index (χ2v) is 5.56. The first-order chi connectivity index (χ1) is 8.31. The maximum atomic E-state index is 3.53. The molecule has 0 radical (unpaired) electrons. The number of nitrogens with one attached hydrogen (secondary N) is 1. The number of nitrogens with zero attached hydrogens (tertiary/aromatic N) is 1. The molecular formula is C14H15BrN2. The molecular weight excluding hydrogens is 276 g/mol. The molecule has 2 aromatic rings. The van der Waals surface area contributed by atoms with Crippen molar-refractivity contribution in [2.75, 3.05) is 5.43 Å². The maximum Gasteiger partial charge on any atom is 0.0436 e. The van der Waals surface area contributed by atoms with Crippen molar-refractivity contribution in [3.63, 3.8) is 0 Å². The van der Waals surface area contributed by atoms with E-state index in [0.29, 0.717) is 12.0 Å². The Morgan fingerprint density at radius 2 is 1.88 bits per heavy atom. The van der Waals surface area contributed by atoms with Gasteiger partial charge in [0.05, 0.1) is 0 Å². The minimum Gasteiger partial charge on any atom is -0.323 e. The fourth-order valence-corrected chi connectivity index (χ4v) is 2.80. The maximum absolute atomic E-state index is 3.53. The molecule has 1 N–H and O–H groups in total. The second kappa shape index (κ2) is 4.57. The summed E-state index contributed by atoms with van der Waals surface area (Å²) < 4.78 is 3.22. The van der Waals surface area contributed by atoms with E-state index in [1.807, 2.05) is 29.2 Å². The Kier molecular flexibility index (Phi) is 2.93. The minimum atomic E-state index is 0.603. The molecule has 1 aromatic heterocycles. The van der Waals surface area contributed by atoms with Gasteiger partial charge in [-0.05, 0) is 48.6 Å². The first-order valence-corrected chi connectivity index (χ1v) is 6.75. The fourth-order valence-electron chi connectivity index (χ4n) is 2.39. The normalized spacial score (nSPS) is 23.1. The van der Waals surface area contributed by atoms with Gasteiger partial charge in [-0.2, -0.15) is 0 Å². The highest BCUT2D eigenvalue weighted by Gasteiger charge is 2.30. The minimum absolute atomic E-state index is 0.603. The molecule has 1 heterocycles. The third-order valence-corrected chi connectivity index (χ3v) is 3.89. The van der Waals surface area contributed by atoms with Gasteiger partial charge in [0, 0.05) is 22.9 Å². The summed E-state index contributed by atoms with van der Waals surface area (Å²) in [5.74, 6) is 0.709. The van der Waals surface area contributed by atoms with E-state index in [9.17, 15) is 0 Å². The van der Waals surface area contributed by atoms with E-state index in [4.69, 9.17) is 0 Å². The number of halogens is 1. The van der Waals surface area contributed by atoms with Crippen LogP contribution in [0.3, 0.4) is 0 Å². The summed E-state index contributed by atoms with van der Waals surface area (Å²) in [7, 11) is 0. The van der Waals surface area contributed by atoms with Crippen molar-refractivity contribution in [1.29, 1.82) is 0 Å². The van der Waals surface area contributed by atoms with Crippen LogP contribution in [-0.2, 0) is 0 Å². The smallest absolute Gasteiger partial charge is 0.0436 e. The van der Waals surface area contributed by atoms with Crippen molar-refractivity contribution >= 4 is 15.9 Å². The molecule has 17 heavy (non-hydrogen) atoms. The first kappa shape index (κ1) is 10.9. The highest BCUT2D eigenvalue weighted by atomic mass is 79.9. The van der Waals surface area contributed by atoms with E-state index in [1.54, 1.807) is 0 Å². The molecule has 1 aliphatic carbocycles. The van der Waals surface area contributed by atoms with E-state index in [-0.39, 0.29) is 0 Å². The van der Waals surface area contributed by atoms with Crippen molar-refractivity contribution in [1.82, 2.24) is 4.68 Å². The summed E-state index contributed by atoms with van der Waals surface area (Å²) in [5.41, 5.74) is 4.93. The highest BCUT2D eigenvalue weighted by molar-refractivity contribution is 9.10. The molecule has 88 valence electrons. The third-order valence-electron chi connectivity index (χ3n) is 3.39. The molecule has 3 rings (SSSR count). The largest absolute Gasteiger partial charge is 0.323 e. The average molecular weight is 291 g/mol. The standard InChI is InChI=1S/C14H15BrN2/c15-13-5-3-4-11(8-13)12-9-14(10-12)16-17-6-1-2-7-17/h1-8,12,14,16H,9-10H2. The number of rotatable bonds is 3. The SMILES string of the molecule is Brc1cccc(C2CC(Nn3cccc3)C2)c1. The monoisotopic (exact) mass is 290 g/mol. The summed E-state index contributed by atoms with van der Waals surface area (Å²) in [6, 6.07) is 13.3. The Balaban J connectivity index is 1.58. The van der Waals surface area contributed by atoms with Gasteiger partial charge in [0.2, 0.25) is 0 Å². The van der Waals surface area contributed by atoms with Crippen LogP contribution in [0, 0.1) is 0 Å². The number of hydrogen-bond acceptors (Lipinski definition) is 1. The van der Waals surface area contributed by atoms with E-state index >= 15 is 0 Å². The van der Waals surface area contributed by atoms with Crippen molar-refractivity contribution < 1.29 is 0 Å². The Labute approximate surface area is 110 Å². The lowest BCUT2D eigenvalue weighted by Crippen LogP contribution is -2.38. The summed E-state index contributed by atoms with van der Waals surface area (Å²) in [6.07, 6.45) is 6.53. The summed E-state index contributed by atoms with van der Waals surface area (Å²) in [4.78, 5) is 0. The molecule has 1 aromatic carbocycles. The average Bonchev–Trinajstić information content (AvgIpc) is 2.75. The lowest BCUT2D eigenvalue weighted by atomic mass is 9.76. The van der Waals surface area contributed by atoms with Gasteiger partial charge in [0.1, 0.15) is 0 Å². The van der Waals surface area contributed by atoms with Crippen LogP contribution in [0.4, 0.5) is 0 Å². The Bertz CT molecular complexity index is 487. The molecule has 0 unspecified atom stereocenters. The molecule has 0 amide bonds. The van der Waals surface area contributed by atoms with Gasteiger partial charge >= 0.3 is 0 Å². The van der Waals surface area contributed by atoms with E-state index in [2.05, 4.69) is 45.6 Å². The van der Waals surface area contributed by atoms with Gasteiger partial charge in [-0.3, -0.25) is 4.68 Å². The molecule has 0 atom stereocenters. The first-order valence-electron chi connectivity index (χ1n) is 5.96. The summed E-state index contributed by atoms with van der Waals surface area (Å²) in [5, 5.41) is 0. The molecule has 0 bridgehead atoms. The zero-order valence-electron chi connectivity index (χ0n) is 9.51. The van der Waals surface area contributed by atoms with Crippen molar-refractivity contribution in [3.05, 3.63) is 58.8 Å². The molecule has 0 spiro atoms. The molecule has 2 nitrogen and oxygen atoms in total. The van der Waals surface area contributed by atoms with E-state index in [0.717, 1.165) is 0 Å². The van der Waals surface area contributed by atoms with Crippen LogP contribution < -0.4 is 5.43 Å². The van der Waals surface area contributed by atoms with Gasteiger partial charge in [0.15, 0.2) is 0 Å². The van der Waals surface area contributed by atoms with Crippen molar-refractivity contribution in [3.8, 4) is 0 Å². The summed E-state index contributed by atoms with van der Waals surface area (Å²) >= 11 is 3.53. The Hall–Kier alpha value is -1.22. The van der Waals surface area contributed by atoms with Crippen LogP contribution >= 0.6 is 15.9 Å². The quantitative estimate of drug-likeness (QED) is 0.911. The molecule has 0 saturated heterocycles. The number of aromatic nitrogens is 1. The van der Waals surface area contributed by atoms with Crippen LogP contribution in [0.15, 0.2) is 53.3 Å². The van der Waals surface area contributed by atoms with Crippen molar-refractivity contribution in [2.24, 2.45) is 0 Å². The van der Waals surface area contributed by atoms with Gasteiger partial charge in [-0.15, -0.1) is 0 Å². The van der Waals surface area contributed by atoms with Crippen LogP contribution in [0.2, 0.25) is 0 Å². The van der Waals surface area contributed by atoms with Crippen LogP contribution in [-0.4, -0.2) is 10.7 Å².